The van der Waals surface area contributed by atoms with Crippen molar-refractivity contribution >= 4 is 33.0 Å². The molecule has 0 saturated heterocycles. The summed E-state index contributed by atoms with van der Waals surface area (Å²) in [5.41, 5.74) is 1.84. The van der Waals surface area contributed by atoms with Crippen LogP contribution in [0.25, 0.3) is 0 Å². The zero-order valence-corrected chi connectivity index (χ0v) is 12.1. The molecule has 3 rings (SSSR count). The molecule has 2 aromatic rings. The Labute approximate surface area is 120 Å². The third-order valence-corrected chi connectivity index (χ3v) is 5.15. The zero-order valence-electron chi connectivity index (χ0n) is 10.4. The molecule has 0 fully saturated rings. The van der Waals surface area contributed by atoms with Gasteiger partial charge >= 0.3 is 0 Å². The molecule has 1 aliphatic heterocycles. The lowest BCUT2D eigenvalue weighted by Crippen LogP contribution is -2.32. The van der Waals surface area contributed by atoms with E-state index in [1.807, 2.05) is 0 Å². The molecule has 0 spiro atoms. The van der Waals surface area contributed by atoms with Gasteiger partial charge in [0, 0.05) is 17.5 Å². The molecule has 0 bridgehead atoms. The van der Waals surface area contributed by atoms with Crippen molar-refractivity contribution in [1.82, 2.24) is 5.32 Å². The minimum Gasteiger partial charge on any atom is -0.352 e. The highest BCUT2D eigenvalue weighted by molar-refractivity contribution is 7.92. The van der Waals surface area contributed by atoms with E-state index in [4.69, 9.17) is 0 Å². The van der Waals surface area contributed by atoms with Crippen LogP contribution in [0.1, 0.15) is 15.9 Å². The Morgan fingerprint density at radius 2 is 2.10 bits per heavy atom. The lowest BCUT2D eigenvalue weighted by Gasteiger charge is -2.17. The van der Waals surface area contributed by atoms with Crippen LogP contribution in [0.4, 0.5) is 5.69 Å². The smallest absolute Gasteiger partial charge is 0.261 e. The Morgan fingerprint density at radius 3 is 2.85 bits per heavy atom. The summed E-state index contributed by atoms with van der Waals surface area (Å²) in [5.74, 6) is -0.223. The number of hydrogen-bond acceptors (Lipinski definition) is 4. The standard InChI is InChI=1S/C13H12N2O3S2/c16-13-12-7-11(2-1-9(12)3-5-14-13)20(17,18)15-10-4-6-19-8-10/h1-2,4,6-8,15H,3,5H2,(H,14,16). The number of amides is 1. The van der Waals surface area contributed by atoms with Gasteiger partial charge in [0.05, 0.1) is 10.6 Å². The Kier molecular flexibility index (Phi) is 3.23. The monoisotopic (exact) mass is 308 g/mol. The first-order valence-electron chi connectivity index (χ1n) is 6.02. The molecule has 1 aliphatic rings. The first-order chi connectivity index (χ1) is 9.56. The average Bonchev–Trinajstić information content (AvgIpc) is 2.91. The largest absolute Gasteiger partial charge is 0.352 e. The van der Waals surface area contributed by atoms with Crippen LogP contribution in [0.3, 0.4) is 0 Å². The van der Waals surface area contributed by atoms with Crippen LogP contribution in [0.5, 0.6) is 0 Å². The van der Waals surface area contributed by atoms with Crippen molar-refractivity contribution in [2.45, 2.75) is 11.3 Å². The molecule has 1 amide bonds. The van der Waals surface area contributed by atoms with Crippen molar-refractivity contribution < 1.29 is 13.2 Å². The van der Waals surface area contributed by atoms with E-state index >= 15 is 0 Å². The SMILES string of the molecule is O=C1NCCc2ccc(S(=O)(=O)Nc3ccsc3)cc21. The topological polar surface area (TPSA) is 75.3 Å². The highest BCUT2D eigenvalue weighted by Crippen LogP contribution is 2.22. The summed E-state index contributed by atoms with van der Waals surface area (Å²) in [5, 5.41) is 6.21. The Morgan fingerprint density at radius 1 is 1.25 bits per heavy atom. The number of hydrogen-bond donors (Lipinski definition) is 2. The quantitative estimate of drug-likeness (QED) is 0.908. The molecule has 0 atom stereocenters. The van der Waals surface area contributed by atoms with Crippen LogP contribution in [0, 0.1) is 0 Å². The maximum Gasteiger partial charge on any atom is 0.261 e. The number of fused-ring (bicyclic) bond motifs is 1. The lowest BCUT2D eigenvalue weighted by molar-refractivity contribution is 0.0946. The van der Waals surface area contributed by atoms with Gasteiger partial charge in [0.2, 0.25) is 0 Å². The van der Waals surface area contributed by atoms with Crippen LogP contribution in [-0.4, -0.2) is 20.9 Å². The normalized spacial score (nSPS) is 14.5. The van der Waals surface area contributed by atoms with Crippen LogP contribution in [0.2, 0.25) is 0 Å². The number of nitrogens with one attached hydrogen (secondary N) is 2. The molecule has 104 valence electrons. The summed E-state index contributed by atoms with van der Waals surface area (Å²) in [6.07, 6.45) is 0.722. The Hall–Kier alpha value is -1.86. The zero-order chi connectivity index (χ0) is 14.2. The van der Waals surface area contributed by atoms with Gasteiger partial charge in [-0.15, -0.1) is 0 Å². The van der Waals surface area contributed by atoms with Crippen LogP contribution < -0.4 is 10.0 Å². The first-order valence-corrected chi connectivity index (χ1v) is 8.45. The molecule has 7 heteroatoms. The van der Waals surface area contributed by atoms with Crippen molar-refractivity contribution in [3.63, 3.8) is 0 Å². The highest BCUT2D eigenvalue weighted by atomic mass is 32.2. The van der Waals surface area contributed by atoms with E-state index < -0.39 is 10.0 Å². The highest BCUT2D eigenvalue weighted by Gasteiger charge is 2.21. The second-order valence-electron chi connectivity index (χ2n) is 4.44. The van der Waals surface area contributed by atoms with Gasteiger partial charge < -0.3 is 5.32 Å². The maximum absolute atomic E-state index is 12.3. The summed E-state index contributed by atoms with van der Waals surface area (Å²) in [6.45, 7) is 0.588. The van der Waals surface area contributed by atoms with Crippen LogP contribution in [0.15, 0.2) is 39.9 Å². The molecule has 1 aromatic carbocycles. The van der Waals surface area contributed by atoms with Gasteiger partial charge in [-0.05, 0) is 35.6 Å². The third kappa shape index (κ3) is 2.41. The van der Waals surface area contributed by atoms with Crippen molar-refractivity contribution in [3.8, 4) is 0 Å². The summed E-state index contributed by atoms with van der Waals surface area (Å²) in [6, 6.07) is 6.36. The Bertz CT molecular complexity index is 752. The molecule has 1 aromatic heterocycles. The number of benzene rings is 1. The predicted molar refractivity (Wildman–Crippen MR) is 77.6 cm³/mol. The van der Waals surface area contributed by atoms with E-state index in [2.05, 4.69) is 10.0 Å². The number of sulfonamides is 1. The van der Waals surface area contributed by atoms with Gasteiger partial charge in [0.1, 0.15) is 0 Å². The van der Waals surface area contributed by atoms with E-state index in [0.717, 1.165) is 12.0 Å². The molecule has 0 saturated carbocycles. The van der Waals surface area contributed by atoms with Crippen molar-refractivity contribution in [2.24, 2.45) is 0 Å². The third-order valence-electron chi connectivity index (χ3n) is 3.09. The predicted octanol–water partition coefficient (Wildman–Crippen LogP) is 1.83. The molecule has 20 heavy (non-hydrogen) atoms. The van der Waals surface area contributed by atoms with Crippen LogP contribution >= 0.6 is 11.3 Å². The minimum absolute atomic E-state index is 0.0968. The fourth-order valence-electron chi connectivity index (χ4n) is 2.09. The average molecular weight is 308 g/mol. The van der Waals surface area contributed by atoms with E-state index in [1.165, 1.54) is 23.5 Å². The summed E-state index contributed by atoms with van der Waals surface area (Å²) >= 11 is 1.41. The van der Waals surface area contributed by atoms with Gasteiger partial charge in [-0.2, -0.15) is 11.3 Å². The molecule has 0 unspecified atom stereocenters. The minimum atomic E-state index is -3.66. The Balaban J connectivity index is 1.98. The van der Waals surface area contributed by atoms with E-state index in [9.17, 15) is 13.2 Å². The molecule has 0 radical (unpaired) electrons. The fourth-order valence-corrected chi connectivity index (χ4v) is 3.83. The van der Waals surface area contributed by atoms with Crippen molar-refractivity contribution in [1.29, 1.82) is 0 Å². The molecular formula is C13H12N2O3S2. The van der Waals surface area contributed by atoms with Gasteiger partial charge in [-0.3, -0.25) is 9.52 Å². The van der Waals surface area contributed by atoms with E-state index in [-0.39, 0.29) is 10.8 Å². The van der Waals surface area contributed by atoms with E-state index in [1.54, 1.807) is 22.9 Å². The maximum atomic E-state index is 12.3. The fraction of sp³-hybridized carbons (Fsp3) is 0.154. The number of carbonyl (C=O) groups is 1. The van der Waals surface area contributed by atoms with Crippen molar-refractivity contribution in [3.05, 3.63) is 46.2 Å². The molecule has 2 N–H and O–H groups in total. The second kappa shape index (κ2) is 4.92. The summed E-state index contributed by atoms with van der Waals surface area (Å²) in [4.78, 5) is 11.9. The van der Waals surface area contributed by atoms with Gasteiger partial charge in [0.15, 0.2) is 0 Å². The van der Waals surface area contributed by atoms with Gasteiger partial charge in [-0.25, -0.2) is 8.42 Å². The molecule has 2 heterocycles. The van der Waals surface area contributed by atoms with E-state index in [0.29, 0.717) is 17.8 Å². The molecule has 5 nitrogen and oxygen atoms in total. The van der Waals surface area contributed by atoms with Gasteiger partial charge in [-0.1, -0.05) is 6.07 Å². The molecular weight excluding hydrogens is 296 g/mol. The summed E-state index contributed by atoms with van der Waals surface area (Å²) < 4.78 is 27.0. The lowest BCUT2D eigenvalue weighted by atomic mass is 10.0. The number of carbonyl (C=O) groups excluding carboxylic acids is 1. The number of thiophene rings is 1. The second-order valence-corrected chi connectivity index (χ2v) is 6.90. The van der Waals surface area contributed by atoms with Crippen LogP contribution in [-0.2, 0) is 16.4 Å². The molecule has 0 aliphatic carbocycles. The van der Waals surface area contributed by atoms with Crippen molar-refractivity contribution in [2.75, 3.05) is 11.3 Å². The first kappa shape index (κ1) is 13.1. The van der Waals surface area contributed by atoms with Gasteiger partial charge in [0.25, 0.3) is 15.9 Å². The number of rotatable bonds is 3. The summed E-state index contributed by atoms with van der Waals surface area (Å²) in [7, 11) is -3.66. The number of anilines is 1.